The minimum absolute atomic E-state index is 0.00447. The summed E-state index contributed by atoms with van der Waals surface area (Å²) in [5.41, 5.74) is 0.696. The highest BCUT2D eigenvalue weighted by Crippen LogP contribution is 2.31. The summed E-state index contributed by atoms with van der Waals surface area (Å²) in [4.78, 5) is 11.7. The van der Waals surface area contributed by atoms with Crippen molar-refractivity contribution in [2.24, 2.45) is 0 Å². The van der Waals surface area contributed by atoms with Crippen molar-refractivity contribution < 1.29 is 14.3 Å². The smallest absolute Gasteiger partial charge is 0.224 e. The molecular weight excluding hydrogens is 362 g/mol. The molecule has 3 rings (SSSR count). The number of carbonyl (C=O) groups is 1. The van der Waals surface area contributed by atoms with Gasteiger partial charge in [-0.05, 0) is 18.6 Å². The summed E-state index contributed by atoms with van der Waals surface area (Å²) in [6.45, 7) is 1.04. The molecule has 0 radical (unpaired) electrons. The Balaban J connectivity index is 1.54. The van der Waals surface area contributed by atoms with E-state index in [1.54, 1.807) is 17.1 Å². The highest BCUT2D eigenvalue weighted by molar-refractivity contribution is 9.09. The predicted octanol–water partition coefficient (Wildman–Crippen LogP) is 2.84. The number of nitrogens with one attached hydrogen (secondary N) is 1. The highest BCUT2D eigenvalue weighted by atomic mass is 79.9. The Hall–Kier alpha value is -2.02. The zero-order chi connectivity index (χ0) is 16.1. The van der Waals surface area contributed by atoms with Gasteiger partial charge in [0.25, 0.3) is 0 Å². The molecule has 0 saturated carbocycles. The van der Waals surface area contributed by atoms with Gasteiger partial charge < -0.3 is 14.8 Å². The Morgan fingerprint density at radius 2 is 2.22 bits per heavy atom. The number of para-hydroxylation sites is 2. The zero-order valence-corrected chi connectivity index (χ0v) is 14.2. The molecule has 0 bridgehead atoms. The van der Waals surface area contributed by atoms with Gasteiger partial charge in [0.15, 0.2) is 17.6 Å². The molecule has 6 nitrogen and oxygen atoms in total. The van der Waals surface area contributed by atoms with Crippen LogP contribution < -0.4 is 14.8 Å². The van der Waals surface area contributed by atoms with Crippen LogP contribution in [0, 0.1) is 0 Å². The lowest BCUT2D eigenvalue weighted by Gasteiger charge is -2.26. The Morgan fingerprint density at radius 1 is 1.39 bits per heavy atom. The van der Waals surface area contributed by atoms with Gasteiger partial charge in [0.1, 0.15) is 6.61 Å². The molecular formula is C16H18BrN3O3. The third kappa shape index (κ3) is 4.25. The fraction of sp³-hybridized carbons (Fsp3) is 0.375. The monoisotopic (exact) mass is 379 g/mol. The lowest BCUT2D eigenvalue weighted by Crippen LogP contribution is -2.33. The number of rotatable bonds is 6. The number of ether oxygens (including phenoxy) is 2. The van der Waals surface area contributed by atoms with E-state index >= 15 is 0 Å². The number of hydrogen-bond donors (Lipinski definition) is 1. The molecule has 1 aromatic carbocycles. The van der Waals surface area contributed by atoms with Crippen molar-refractivity contribution in [2.45, 2.75) is 25.5 Å². The first-order valence-electron chi connectivity index (χ1n) is 7.51. The van der Waals surface area contributed by atoms with Gasteiger partial charge in [0.05, 0.1) is 18.4 Å². The third-order valence-electron chi connectivity index (χ3n) is 3.41. The first-order valence-corrected chi connectivity index (χ1v) is 8.63. The van der Waals surface area contributed by atoms with Crippen LogP contribution in [0.2, 0.25) is 0 Å². The molecule has 23 heavy (non-hydrogen) atoms. The van der Waals surface area contributed by atoms with Crippen molar-refractivity contribution in [3.05, 3.63) is 36.7 Å². The van der Waals surface area contributed by atoms with E-state index in [0.29, 0.717) is 25.3 Å². The van der Waals surface area contributed by atoms with Crippen molar-refractivity contribution in [3.8, 4) is 11.5 Å². The summed E-state index contributed by atoms with van der Waals surface area (Å²) in [6.07, 6.45) is 4.64. The summed E-state index contributed by atoms with van der Waals surface area (Å²) < 4.78 is 13.3. The summed E-state index contributed by atoms with van der Waals surface area (Å²) in [6, 6.07) is 7.61. The van der Waals surface area contributed by atoms with Crippen molar-refractivity contribution in [1.82, 2.24) is 9.78 Å². The van der Waals surface area contributed by atoms with E-state index in [4.69, 9.17) is 9.47 Å². The molecule has 1 atom stereocenters. The minimum atomic E-state index is -0.109. The average Bonchev–Trinajstić information content (AvgIpc) is 2.99. The fourth-order valence-electron chi connectivity index (χ4n) is 2.34. The van der Waals surface area contributed by atoms with Gasteiger partial charge in [-0.3, -0.25) is 9.48 Å². The molecule has 7 heteroatoms. The summed E-state index contributed by atoms with van der Waals surface area (Å²) in [7, 11) is 0. The molecule has 1 aliphatic heterocycles. The first-order chi connectivity index (χ1) is 11.2. The number of aromatic nitrogens is 2. The van der Waals surface area contributed by atoms with Gasteiger partial charge in [-0.15, -0.1) is 0 Å². The van der Waals surface area contributed by atoms with Crippen LogP contribution in [-0.2, 0) is 11.3 Å². The lowest BCUT2D eigenvalue weighted by molar-refractivity contribution is -0.116. The van der Waals surface area contributed by atoms with Crippen molar-refractivity contribution in [3.63, 3.8) is 0 Å². The van der Waals surface area contributed by atoms with Gasteiger partial charge in [-0.25, -0.2) is 0 Å². The molecule has 0 spiro atoms. The minimum Gasteiger partial charge on any atom is -0.486 e. The maximum Gasteiger partial charge on any atom is 0.224 e. The second-order valence-corrected chi connectivity index (χ2v) is 6.08. The standard InChI is InChI=1S/C16H18BrN3O3/c17-7-3-6-16(21)19-12-8-18-20(9-12)10-13-11-22-14-4-1-2-5-15(14)23-13/h1-2,4-5,8-9,13H,3,6-7,10-11H2,(H,19,21). The number of anilines is 1. The Morgan fingerprint density at radius 3 is 3.04 bits per heavy atom. The number of carbonyl (C=O) groups excluding carboxylic acids is 1. The molecule has 1 N–H and O–H groups in total. The van der Waals surface area contributed by atoms with Crippen LogP contribution in [0.3, 0.4) is 0 Å². The van der Waals surface area contributed by atoms with Crippen LogP contribution in [0.25, 0.3) is 0 Å². The molecule has 1 aromatic heterocycles. The van der Waals surface area contributed by atoms with Crippen molar-refractivity contribution in [2.75, 3.05) is 17.3 Å². The topological polar surface area (TPSA) is 65.4 Å². The molecule has 2 heterocycles. The second-order valence-electron chi connectivity index (χ2n) is 5.29. The van der Waals surface area contributed by atoms with E-state index in [0.717, 1.165) is 23.2 Å². The quantitative estimate of drug-likeness (QED) is 0.783. The average molecular weight is 380 g/mol. The van der Waals surface area contributed by atoms with Gasteiger partial charge in [-0.2, -0.15) is 5.10 Å². The molecule has 0 saturated heterocycles. The van der Waals surface area contributed by atoms with Gasteiger partial charge in [-0.1, -0.05) is 28.1 Å². The molecule has 0 fully saturated rings. The summed E-state index contributed by atoms with van der Waals surface area (Å²) in [5, 5.41) is 7.91. The van der Waals surface area contributed by atoms with E-state index in [2.05, 4.69) is 26.3 Å². The molecule has 0 aliphatic carbocycles. The maximum absolute atomic E-state index is 11.7. The van der Waals surface area contributed by atoms with Gasteiger partial charge in [0.2, 0.25) is 5.91 Å². The van der Waals surface area contributed by atoms with Crippen LogP contribution in [0.1, 0.15) is 12.8 Å². The van der Waals surface area contributed by atoms with E-state index < -0.39 is 0 Å². The number of amides is 1. The van der Waals surface area contributed by atoms with Crippen molar-refractivity contribution >= 4 is 27.5 Å². The molecule has 1 aliphatic rings. The fourth-order valence-corrected chi connectivity index (χ4v) is 2.62. The van der Waals surface area contributed by atoms with E-state index in [1.807, 2.05) is 24.3 Å². The summed E-state index contributed by atoms with van der Waals surface area (Å²) in [5.74, 6) is 1.51. The summed E-state index contributed by atoms with van der Waals surface area (Å²) >= 11 is 3.31. The number of halogens is 1. The van der Waals surface area contributed by atoms with E-state index in [1.165, 1.54) is 0 Å². The van der Waals surface area contributed by atoms with E-state index in [9.17, 15) is 4.79 Å². The van der Waals surface area contributed by atoms with Gasteiger partial charge in [0, 0.05) is 17.9 Å². The Bertz CT molecular complexity index is 674. The predicted molar refractivity (Wildman–Crippen MR) is 90.2 cm³/mol. The highest BCUT2D eigenvalue weighted by Gasteiger charge is 2.21. The molecule has 122 valence electrons. The molecule has 1 amide bonds. The molecule has 2 aromatic rings. The Labute approximate surface area is 142 Å². The maximum atomic E-state index is 11.7. The van der Waals surface area contributed by atoms with E-state index in [-0.39, 0.29) is 12.0 Å². The second kappa shape index (κ2) is 7.50. The molecule has 1 unspecified atom stereocenters. The number of benzene rings is 1. The number of hydrogen-bond acceptors (Lipinski definition) is 4. The van der Waals surface area contributed by atoms with Crippen LogP contribution in [0.15, 0.2) is 36.7 Å². The van der Waals surface area contributed by atoms with Gasteiger partial charge >= 0.3 is 0 Å². The SMILES string of the molecule is O=C(CCCBr)Nc1cnn(CC2COc3ccccc3O2)c1. The number of alkyl halides is 1. The van der Waals surface area contributed by atoms with Crippen LogP contribution >= 0.6 is 15.9 Å². The van der Waals surface area contributed by atoms with Crippen LogP contribution in [0.4, 0.5) is 5.69 Å². The Kier molecular flexibility index (Phi) is 5.17. The first kappa shape index (κ1) is 15.9. The van der Waals surface area contributed by atoms with Crippen LogP contribution in [0.5, 0.6) is 11.5 Å². The normalized spacial score (nSPS) is 16.1. The lowest BCUT2D eigenvalue weighted by atomic mass is 10.2. The number of nitrogens with zero attached hydrogens (tertiary/aromatic N) is 2. The third-order valence-corrected chi connectivity index (χ3v) is 3.97. The largest absolute Gasteiger partial charge is 0.486 e. The number of fused-ring (bicyclic) bond motifs is 1. The zero-order valence-electron chi connectivity index (χ0n) is 12.6. The van der Waals surface area contributed by atoms with Crippen molar-refractivity contribution in [1.29, 1.82) is 0 Å². The van der Waals surface area contributed by atoms with Crippen LogP contribution in [-0.4, -0.2) is 33.7 Å².